The molecule has 0 heterocycles. The van der Waals surface area contributed by atoms with E-state index in [4.69, 9.17) is 18.9 Å². The first-order valence-electron chi connectivity index (χ1n) is 10.6. The molecule has 0 saturated carbocycles. The Hall–Kier alpha value is -0.650. The smallest absolute Gasteiger partial charge is 0.305 e. The SMILES string of the molecule is CC(C)CCOCCOCCOCCCC(=O)OCCC(C)CC(C)(C)C. The minimum atomic E-state index is -0.128. The van der Waals surface area contributed by atoms with Gasteiger partial charge in [0.25, 0.3) is 0 Å². The maximum Gasteiger partial charge on any atom is 0.305 e. The van der Waals surface area contributed by atoms with E-state index in [1.165, 1.54) is 0 Å². The molecule has 5 nitrogen and oxygen atoms in total. The Kier molecular flexibility index (Phi) is 15.9. The molecular formula is C22H44O5. The maximum absolute atomic E-state index is 11.7. The quantitative estimate of drug-likeness (QED) is 0.263. The fraction of sp³-hybridized carbons (Fsp3) is 0.955. The van der Waals surface area contributed by atoms with E-state index in [2.05, 4.69) is 41.5 Å². The lowest BCUT2D eigenvalue weighted by atomic mass is 9.84. The van der Waals surface area contributed by atoms with Gasteiger partial charge in [0.15, 0.2) is 0 Å². The van der Waals surface area contributed by atoms with Gasteiger partial charge in [-0.25, -0.2) is 0 Å². The van der Waals surface area contributed by atoms with Crippen LogP contribution >= 0.6 is 0 Å². The number of rotatable bonds is 17. The van der Waals surface area contributed by atoms with Crippen molar-refractivity contribution in [2.45, 2.75) is 73.6 Å². The zero-order valence-corrected chi connectivity index (χ0v) is 18.7. The normalized spacial score (nSPS) is 13.1. The topological polar surface area (TPSA) is 54.0 Å². The van der Waals surface area contributed by atoms with Gasteiger partial charge in [-0.05, 0) is 42.9 Å². The van der Waals surface area contributed by atoms with Gasteiger partial charge in [-0.3, -0.25) is 4.79 Å². The van der Waals surface area contributed by atoms with Gasteiger partial charge >= 0.3 is 5.97 Å². The van der Waals surface area contributed by atoms with Crippen LogP contribution in [0.3, 0.4) is 0 Å². The maximum atomic E-state index is 11.7. The van der Waals surface area contributed by atoms with Crippen LogP contribution < -0.4 is 0 Å². The van der Waals surface area contributed by atoms with Crippen molar-refractivity contribution in [2.24, 2.45) is 17.3 Å². The van der Waals surface area contributed by atoms with Crippen LogP contribution in [-0.4, -0.2) is 52.2 Å². The van der Waals surface area contributed by atoms with Gasteiger partial charge < -0.3 is 18.9 Å². The first-order chi connectivity index (χ1) is 12.7. The van der Waals surface area contributed by atoms with E-state index < -0.39 is 0 Å². The molecule has 5 heteroatoms. The van der Waals surface area contributed by atoms with Gasteiger partial charge in [-0.2, -0.15) is 0 Å². The highest BCUT2D eigenvalue weighted by Crippen LogP contribution is 2.25. The molecule has 0 aliphatic heterocycles. The highest BCUT2D eigenvalue weighted by atomic mass is 16.5. The van der Waals surface area contributed by atoms with Gasteiger partial charge in [0.1, 0.15) is 0 Å². The van der Waals surface area contributed by atoms with Crippen LogP contribution in [0.15, 0.2) is 0 Å². The average molecular weight is 389 g/mol. The summed E-state index contributed by atoms with van der Waals surface area (Å²) in [7, 11) is 0. The molecule has 0 aromatic rings. The van der Waals surface area contributed by atoms with Crippen LogP contribution in [0.2, 0.25) is 0 Å². The number of hydrogen-bond donors (Lipinski definition) is 0. The molecule has 1 atom stereocenters. The molecule has 0 amide bonds. The number of carbonyl (C=O) groups excluding carboxylic acids is 1. The summed E-state index contributed by atoms with van der Waals surface area (Å²) in [6.07, 6.45) is 4.26. The van der Waals surface area contributed by atoms with Crippen LogP contribution in [0, 0.1) is 17.3 Å². The van der Waals surface area contributed by atoms with E-state index in [0.29, 0.717) is 69.7 Å². The van der Waals surface area contributed by atoms with Crippen molar-refractivity contribution in [2.75, 3.05) is 46.2 Å². The zero-order valence-electron chi connectivity index (χ0n) is 18.7. The van der Waals surface area contributed by atoms with Crippen molar-refractivity contribution < 1.29 is 23.7 Å². The van der Waals surface area contributed by atoms with Gasteiger partial charge in [0.05, 0.1) is 33.0 Å². The van der Waals surface area contributed by atoms with Gasteiger partial charge in [0.2, 0.25) is 0 Å². The zero-order chi connectivity index (χ0) is 20.5. The molecule has 0 radical (unpaired) electrons. The summed E-state index contributed by atoms with van der Waals surface area (Å²) >= 11 is 0. The van der Waals surface area contributed by atoms with Gasteiger partial charge in [0, 0.05) is 19.6 Å². The molecule has 162 valence electrons. The highest BCUT2D eigenvalue weighted by Gasteiger charge is 2.15. The standard InChI is InChI=1S/C22H44O5/c1-19(2)9-12-25-15-17-26-16-14-24-11-7-8-21(23)27-13-10-20(3)18-22(4,5)6/h19-20H,7-18H2,1-6H3. The molecule has 0 bridgehead atoms. The predicted octanol–water partition coefficient (Wildman–Crippen LogP) is 4.87. The van der Waals surface area contributed by atoms with E-state index >= 15 is 0 Å². The third kappa shape index (κ3) is 21.5. The minimum Gasteiger partial charge on any atom is -0.466 e. The molecule has 0 N–H and O–H groups in total. The molecule has 1 unspecified atom stereocenters. The third-order valence-corrected chi connectivity index (χ3v) is 4.09. The fourth-order valence-electron chi connectivity index (χ4n) is 2.77. The first-order valence-corrected chi connectivity index (χ1v) is 10.6. The van der Waals surface area contributed by atoms with Crippen LogP contribution in [-0.2, 0) is 23.7 Å². The molecule has 0 rings (SSSR count). The molecule has 0 fully saturated rings. The van der Waals surface area contributed by atoms with Crippen LogP contribution in [0.5, 0.6) is 0 Å². The Morgan fingerprint density at radius 1 is 0.778 bits per heavy atom. The van der Waals surface area contributed by atoms with Crippen molar-refractivity contribution >= 4 is 5.97 Å². The van der Waals surface area contributed by atoms with Crippen molar-refractivity contribution in [1.82, 2.24) is 0 Å². The Morgan fingerprint density at radius 3 is 1.89 bits per heavy atom. The lowest BCUT2D eigenvalue weighted by Gasteiger charge is -2.22. The van der Waals surface area contributed by atoms with Crippen LogP contribution in [0.1, 0.15) is 73.6 Å². The monoisotopic (exact) mass is 388 g/mol. The fourth-order valence-corrected chi connectivity index (χ4v) is 2.77. The lowest BCUT2D eigenvalue weighted by molar-refractivity contribution is -0.144. The first kappa shape index (κ1) is 26.4. The van der Waals surface area contributed by atoms with Gasteiger partial charge in [-0.1, -0.05) is 41.5 Å². The average Bonchev–Trinajstić information content (AvgIpc) is 2.53. The van der Waals surface area contributed by atoms with E-state index in [9.17, 15) is 4.79 Å². The Morgan fingerprint density at radius 2 is 1.33 bits per heavy atom. The molecule has 0 saturated heterocycles. The van der Waals surface area contributed by atoms with Gasteiger partial charge in [-0.15, -0.1) is 0 Å². The lowest BCUT2D eigenvalue weighted by Crippen LogP contribution is -2.14. The number of esters is 1. The van der Waals surface area contributed by atoms with Crippen molar-refractivity contribution in [3.05, 3.63) is 0 Å². The number of hydrogen-bond acceptors (Lipinski definition) is 5. The Labute approximate surface area is 167 Å². The van der Waals surface area contributed by atoms with Crippen molar-refractivity contribution in [1.29, 1.82) is 0 Å². The second-order valence-electron chi connectivity index (χ2n) is 9.00. The summed E-state index contributed by atoms with van der Waals surface area (Å²) < 4.78 is 21.7. The molecule has 0 spiro atoms. The summed E-state index contributed by atoms with van der Waals surface area (Å²) in [6, 6.07) is 0. The Balaban J connectivity index is 3.32. The summed E-state index contributed by atoms with van der Waals surface area (Å²) in [5.41, 5.74) is 0.325. The number of ether oxygens (including phenoxy) is 4. The molecule has 0 aromatic carbocycles. The summed E-state index contributed by atoms with van der Waals surface area (Å²) in [6.45, 7) is 17.5. The Bertz CT molecular complexity index is 349. The molecule has 0 aromatic heterocycles. The van der Waals surface area contributed by atoms with Crippen LogP contribution in [0.4, 0.5) is 0 Å². The van der Waals surface area contributed by atoms with E-state index in [1.807, 2.05) is 0 Å². The summed E-state index contributed by atoms with van der Waals surface area (Å²) in [4.78, 5) is 11.7. The molecule has 0 aliphatic carbocycles. The van der Waals surface area contributed by atoms with Crippen molar-refractivity contribution in [3.63, 3.8) is 0 Å². The predicted molar refractivity (Wildman–Crippen MR) is 110 cm³/mol. The minimum absolute atomic E-state index is 0.128. The second kappa shape index (κ2) is 16.3. The van der Waals surface area contributed by atoms with Crippen molar-refractivity contribution in [3.8, 4) is 0 Å². The summed E-state index contributed by atoms with van der Waals surface area (Å²) in [5.74, 6) is 1.12. The molecular weight excluding hydrogens is 344 g/mol. The van der Waals surface area contributed by atoms with Crippen LogP contribution in [0.25, 0.3) is 0 Å². The summed E-state index contributed by atoms with van der Waals surface area (Å²) in [5, 5.41) is 0. The number of carbonyl (C=O) groups is 1. The van der Waals surface area contributed by atoms with E-state index in [0.717, 1.165) is 25.9 Å². The third-order valence-electron chi connectivity index (χ3n) is 4.09. The van der Waals surface area contributed by atoms with E-state index in [-0.39, 0.29) is 5.97 Å². The molecule has 0 aliphatic rings. The molecule has 27 heavy (non-hydrogen) atoms. The largest absolute Gasteiger partial charge is 0.466 e. The second-order valence-corrected chi connectivity index (χ2v) is 9.00. The highest BCUT2D eigenvalue weighted by molar-refractivity contribution is 5.69. The van der Waals surface area contributed by atoms with E-state index in [1.54, 1.807) is 0 Å².